The van der Waals surface area contributed by atoms with Gasteiger partial charge in [-0.3, -0.25) is 0 Å². The SMILES string of the molecule is CC(C)c1cc(P)cc(C(C)C)c1N(C)C. The molecule has 0 radical (unpaired) electrons. The summed E-state index contributed by atoms with van der Waals surface area (Å²) in [5.74, 6) is 1.13. The quantitative estimate of drug-likeness (QED) is 0.727. The van der Waals surface area contributed by atoms with Crippen molar-refractivity contribution in [3.8, 4) is 0 Å². The maximum Gasteiger partial charge on any atom is 0.0431 e. The molecule has 2 heteroatoms. The fourth-order valence-electron chi connectivity index (χ4n) is 2.10. The highest BCUT2D eigenvalue weighted by atomic mass is 31.0. The highest BCUT2D eigenvalue weighted by Gasteiger charge is 2.16. The van der Waals surface area contributed by atoms with Crippen LogP contribution in [0, 0.1) is 0 Å². The summed E-state index contributed by atoms with van der Waals surface area (Å²) >= 11 is 0. The fraction of sp³-hybridized carbons (Fsp3) is 0.571. The molecule has 0 aliphatic rings. The molecule has 0 fully saturated rings. The first kappa shape index (κ1) is 13.5. The van der Waals surface area contributed by atoms with Crippen molar-refractivity contribution in [2.45, 2.75) is 39.5 Å². The van der Waals surface area contributed by atoms with Crippen LogP contribution in [0.3, 0.4) is 0 Å². The molecule has 0 amide bonds. The Morgan fingerprint density at radius 2 is 1.31 bits per heavy atom. The minimum absolute atomic E-state index is 0.565. The van der Waals surface area contributed by atoms with Crippen molar-refractivity contribution >= 4 is 20.2 Å². The largest absolute Gasteiger partial charge is 0.377 e. The van der Waals surface area contributed by atoms with E-state index in [1.165, 1.54) is 22.1 Å². The second-order valence-corrected chi connectivity index (χ2v) is 5.92. The number of nitrogens with zero attached hydrogens (tertiary/aromatic N) is 1. The molecule has 90 valence electrons. The lowest BCUT2D eigenvalue weighted by molar-refractivity contribution is 0.824. The lowest BCUT2D eigenvalue weighted by Crippen LogP contribution is -2.17. The molecule has 0 aromatic heterocycles. The third-order valence-corrected chi connectivity index (χ3v) is 3.22. The predicted octanol–water partition coefficient (Wildman–Crippen LogP) is 3.50. The predicted molar refractivity (Wildman–Crippen MR) is 78.3 cm³/mol. The molecular weight excluding hydrogens is 213 g/mol. The normalized spacial score (nSPS) is 11.3. The van der Waals surface area contributed by atoms with E-state index in [2.05, 4.69) is 68.1 Å². The molecule has 0 aliphatic heterocycles. The number of anilines is 1. The molecule has 1 aromatic carbocycles. The van der Waals surface area contributed by atoms with Crippen LogP contribution in [-0.2, 0) is 0 Å². The molecule has 0 spiro atoms. The molecule has 1 unspecified atom stereocenters. The van der Waals surface area contributed by atoms with Crippen molar-refractivity contribution in [1.29, 1.82) is 0 Å². The third-order valence-electron chi connectivity index (χ3n) is 2.88. The fourth-order valence-corrected chi connectivity index (χ4v) is 2.46. The van der Waals surface area contributed by atoms with E-state index >= 15 is 0 Å². The smallest absolute Gasteiger partial charge is 0.0431 e. The van der Waals surface area contributed by atoms with E-state index in [1.807, 2.05) is 0 Å². The van der Waals surface area contributed by atoms with Crippen molar-refractivity contribution in [3.63, 3.8) is 0 Å². The van der Waals surface area contributed by atoms with Crippen LogP contribution in [0.25, 0.3) is 0 Å². The first-order valence-electron chi connectivity index (χ1n) is 5.95. The second-order valence-electron chi connectivity index (χ2n) is 5.25. The van der Waals surface area contributed by atoms with Gasteiger partial charge in [0.1, 0.15) is 0 Å². The first-order chi connectivity index (χ1) is 7.34. The minimum atomic E-state index is 0.565. The standard InChI is InChI=1S/C14H24NP/c1-9(2)12-7-11(16)8-13(10(3)4)14(12)15(5)6/h7-10H,16H2,1-6H3. The number of hydrogen-bond acceptors (Lipinski definition) is 1. The summed E-state index contributed by atoms with van der Waals surface area (Å²) < 4.78 is 0. The first-order valence-corrected chi connectivity index (χ1v) is 6.53. The van der Waals surface area contributed by atoms with Crippen molar-refractivity contribution in [3.05, 3.63) is 23.3 Å². The summed E-state index contributed by atoms with van der Waals surface area (Å²) in [7, 11) is 7.09. The number of hydrogen-bond donors (Lipinski definition) is 0. The molecular formula is C14H24NP. The van der Waals surface area contributed by atoms with Crippen LogP contribution in [0.2, 0.25) is 0 Å². The maximum atomic E-state index is 2.82. The number of rotatable bonds is 3. The summed E-state index contributed by atoms with van der Waals surface area (Å²) in [5.41, 5.74) is 4.29. The Kier molecular flexibility index (Phi) is 4.38. The Hall–Kier alpha value is -0.550. The Labute approximate surface area is 102 Å². The van der Waals surface area contributed by atoms with Crippen molar-refractivity contribution < 1.29 is 0 Å². The van der Waals surface area contributed by atoms with E-state index in [-0.39, 0.29) is 0 Å². The average Bonchev–Trinajstić information content (AvgIpc) is 2.15. The van der Waals surface area contributed by atoms with Gasteiger partial charge in [0.15, 0.2) is 0 Å². The topological polar surface area (TPSA) is 3.24 Å². The van der Waals surface area contributed by atoms with Crippen LogP contribution in [0.15, 0.2) is 12.1 Å². The van der Waals surface area contributed by atoms with E-state index in [4.69, 9.17) is 0 Å². The lowest BCUT2D eigenvalue weighted by atomic mass is 9.92. The Bertz CT molecular complexity index is 338. The molecule has 1 atom stereocenters. The van der Waals surface area contributed by atoms with Gasteiger partial charge in [-0.15, -0.1) is 9.24 Å². The van der Waals surface area contributed by atoms with Gasteiger partial charge in [-0.2, -0.15) is 0 Å². The maximum absolute atomic E-state index is 2.82. The van der Waals surface area contributed by atoms with E-state index in [0.29, 0.717) is 11.8 Å². The highest BCUT2D eigenvalue weighted by Crippen LogP contribution is 2.33. The van der Waals surface area contributed by atoms with Crippen LogP contribution in [0.4, 0.5) is 5.69 Å². The highest BCUT2D eigenvalue weighted by molar-refractivity contribution is 7.27. The number of benzene rings is 1. The average molecular weight is 237 g/mol. The molecule has 0 heterocycles. The van der Waals surface area contributed by atoms with Crippen molar-refractivity contribution in [2.75, 3.05) is 19.0 Å². The van der Waals surface area contributed by atoms with E-state index in [9.17, 15) is 0 Å². The van der Waals surface area contributed by atoms with E-state index in [0.717, 1.165) is 0 Å². The summed E-state index contributed by atoms with van der Waals surface area (Å²) in [5, 5.41) is 1.29. The monoisotopic (exact) mass is 237 g/mol. The molecule has 1 nitrogen and oxygen atoms in total. The van der Waals surface area contributed by atoms with Crippen LogP contribution in [0.5, 0.6) is 0 Å². The second kappa shape index (κ2) is 5.19. The zero-order chi connectivity index (χ0) is 12.5. The Morgan fingerprint density at radius 3 is 1.56 bits per heavy atom. The van der Waals surface area contributed by atoms with Crippen molar-refractivity contribution in [1.82, 2.24) is 0 Å². The van der Waals surface area contributed by atoms with Gasteiger partial charge in [0, 0.05) is 19.8 Å². The molecule has 0 aliphatic carbocycles. The molecule has 0 bridgehead atoms. The molecule has 0 saturated heterocycles. The molecule has 16 heavy (non-hydrogen) atoms. The zero-order valence-electron chi connectivity index (χ0n) is 11.3. The van der Waals surface area contributed by atoms with Gasteiger partial charge in [-0.1, -0.05) is 27.7 Å². The van der Waals surface area contributed by atoms with E-state index in [1.54, 1.807) is 0 Å². The van der Waals surface area contributed by atoms with Crippen LogP contribution < -0.4 is 10.2 Å². The Morgan fingerprint density at radius 1 is 0.938 bits per heavy atom. The van der Waals surface area contributed by atoms with E-state index < -0.39 is 0 Å². The zero-order valence-corrected chi connectivity index (χ0v) is 12.5. The summed E-state index contributed by atoms with van der Waals surface area (Å²) in [6.45, 7) is 9.04. The summed E-state index contributed by atoms with van der Waals surface area (Å²) in [4.78, 5) is 2.24. The van der Waals surface area contributed by atoms with Gasteiger partial charge < -0.3 is 4.90 Å². The third kappa shape index (κ3) is 2.77. The lowest BCUT2D eigenvalue weighted by Gasteiger charge is -2.26. The van der Waals surface area contributed by atoms with Gasteiger partial charge >= 0.3 is 0 Å². The van der Waals surface area contributed by atoms with Crippen LogP contribution in [0.1, 0.15) is 50.7 Å². The molecule has 1 rings (SSSR count). The van der Waals surface area contributed by atoms with Gasteiger partial charge in [-0.25, -0.2) is 0 Å². The van der Waals surface area contributed by atoms with Gasteiger partial charge in [0.05, 0.1) is 0 Å². The molecule has 0 saturated carbocycles. The molecule has 1 aromatic rings. The van der Waals surface area contributed by atoms with Crippen LogP contribution in [-0.4, -0.2) is 14.1 Å². The van der Waals surface area contributed by atoms with Crippen molar-refractivity contribution in [2.24, 2.45) is 0 Å². The summed E-state index contributed by atoms with van der Waals surface area (Å²) in [6.07, 6.45) is 0. The van der Waals surface area contributed by atoms with Gasteiger partial charge in [-0.05, 0) is 40.4 Å². The Balaban J connectivity index is 3.48. The molecule has 0 N–H and O–H groups in total. The summed E-state index contributed by atoms with van der Waals surface area (Å²) in [6, 6.07) is 4.58. The van der Waals surface area contributed by atoms with Gasteiger partial charge in [0.2, 0.25) is 0 Å². The minimum Gasteiger partial charge on any atom is -0.377 e. The van der Waals surface area contributed by atoms with Gasteiger partial charge in [0.25, 0.3) is 0 Å². The van der Waals surface area contributed by atoms with Crippen LogP contribution >= 0.6 is 9.24 Å².